The number of carbonyl (C=O) groups excluding carboxylic acids is 2. The highest BCUT2D eigenvalue weighted by molar-refractivity contribution is 5.84. The van der Waals surface area contributed by atoms with Gasteiger partial charge in [0.15, 0.2) is 6.10 Å². The largest absolute Gasteiger partial charge is 0.436 e. The number of piperidine rings is 2. The number of nitrogens with two attached hydrogens (primary N) is 1. The first-order valence-electron chi connectivity index (χ1n) is 15.2. The molecular formula is C31H36F6N6O4. The number of para-hydroxylation sites is 2. The van der Waals surface area contributed by atoms with Crippen molar-refractivity contribution in [1.82, 2.24) is 24.3 Å². The van der Waals surface area contributed by atoms with E-state index in [0.29, 0.717) is 48.8 Å². The average Bonchev–Trinajstić information content (AvgIpc) is 3.35. The van der Waals surface area contributed by atoms with Gasteiger partial charge in [0.2, 0.25) is 0 Å². The van der Waals surface area contributed by atoms with Gasteiger partial charge in [0.1, 0.15) is 0 Å². The van der Waals surface area contributed by atoms with E-state index < -0.39 is 59.3 Å². The Morgan fingerprint density at radius 1 is 0.936 bits per heavy atom. The van der Waals surface area contributed by atoms with E-state index in [0.717, 1.165) is 0 Å². The molecule has 0 aliphatic carbocycles. The fourth-order valence-corrected chi connectivity index (χ4v) is 6.44. The number of imidazole rings is 1. The Morgan fingerprint density at radius 3 is 2.04 bits per heavy atom. The maximum Gasteiger partial charge on any atom is 0.418 e. The second kappa shape index (κ2) is 13.1. The number of fused-ring (bicyclic) bond motifs is 1. The molecule has 0 spiro atoms. The summed E-state index contributed by atoms with van der Waals surface area (Å²) < 4.78 is 89.7. The van der Waals surface area contributed by atoms with E-state index in [1.807, 2.05) is 19.0 Å². The summed E-state index contributed by atoms with van der Waals surface area (Å²) in [6.45, 7) is 0.819. The topological polar surface area (TPSA) is 117 Å². The smallest absolute Gasteiger partial charge is 0.418 e. The summed E-state index contributed by atoms with van der Waals surface area (Å²) in [5, 5.41) is 0. The molecule has 3 heterocycles. The molecular weight excluding hydrogens is 634 g/mol. The van der Waals surface area contributed by atoms with Gasteiger partial charge in [-0.1, -0.05) is 12.1 Å². The average molecular weight is 671 g/mol. The number of amides is 2. The number of anilines is 1. The van der Waals surface area contributed by atoms with Crippen molar-refractivity contribution in [3.63, 3.8) is 0 Å². The first-order valence-corrected chi connectivity index (χ1v) is 15.2. The lowest BCUT2D eigenvalue weighted by molar-refractivity contribution is -0.142. The van der Waals surface area contributed by atoms with Crippen molar-refractivity contribution >= 4 is 28.7 Å². The van der Waals surface area contributed by atoms with Crippen LogP contribution >= 0.6 is 0 Å². The van der Waals surface area contributed by atoms with Crippen LogP contribution in [0.5, 0.6) is 0 Å². The van der Waals surface area contributed by atoms with Crippen LogP contribution in [0.4, 0.5) is 36.8 Å². The SMILES string of the molecule is CN(C)C1CCN(C(=O)[C@@H](Cc2cc(C(F)(F)F)c(N)c(C(F)(F)F)c2)OC(=O)N2CCC(n3c(=O)[nH]c4ccccc43)CC2)CC1. The molecule has 2 aromatic carbocycles. The van der Waals surface area contributed by atoms with Gasteiger partial charge >= 0.3 is 24.1 Å². The van der Waals surface area contributed by atoms with E-state index in [-0.39, 0.29) is 44.0 Å². The Morgan fingerprint density at radius 2 is 1.49 bits per heavy atom. The predicted octanol–water partition coefficient (Wildman–Crippen LogP) is 4.89. The normalized spacial score (nSPS) is 17.8. The maximum absolute atomic E-state index is 13.7. The van der Waals surface area contributed by atoms with Gasteiger partial charge in [-0.25, -0.2) is 9.59 Å². The van der Waals surface area contributed by atoms with Gasteiger partial charge < -0.3 is 30.2 Å². The summed E-state index contributed by atoms with van der Waals surface area (Å²) in [6, 6.07) is 8.02. The highest BCUT2D eigenvalue weighted by Crippen LogP contribution is 2.42. The first-order chi connectivity index (χ1) is 22.0. The zero-order valence-electron chi connectivity index (χ0n) is 25.8. The Kier molecular flexibility index (Phi) is 9.53. The first kappa shape index (κ1) is 34.1. The molecule has 2 aliphatic heterocycles. The molecule has 1 atom stereocenters. The molecule has 0 unspecified atom stereocenters. The van der Waals surface area contributed by atoms with E-state index in [9.17, 15) is 40.7 Å². The molecule has 2 aliphatic rings. The third-order valence-electron chi connectivity index (χ3n) is 9.01. The molecule has 5 rings (SSSR count). The molecule has 3 N–H and O–H groups in total. The van der Waals surface area contributed by atoms with Gasteiger partial charge in [-0.3, -0.25) is 9.36 Å². The number of H-pyrrole nitrogens is 1. The second-order valence-electron chi connectivity index (χ2n) is 12.2. The lowest BCUT2D eigenvalue weighted by Gasteiger charge is -2.37. The predicted molar refractivity (Wildman–Crippen MR) is 161 cm³/mol. The van der Waals surface area contributed by atoms with Gasteiger partial charge in [0.25, 0.3) is 5.91 Å². The number of nitrogens with one attached hydrogen (secondary N) is 1. The quantitative estimate of drug-likeness (QED) is 0.285. The van der Waals surface area contributed by atoms with Crippen LogP contribution in [-0.2, 0) is 28.3 Å². The number of likely N-dealkylation sites (tertiary alicyclic amines) is 2. The molecule has 1 aromatic heterocycles. The van der Waals surface area contributed by atoms with E-state index >= 15 is 0 Å². The summed E-state index contributed by atoms with van der Waals surface area (Å²) in [6.07, 6.45) is -11.9. The molecule has 0 bridgehead atoms. The van der Waals surface area contributed by atoms with Crippen molar-refractivity contribution in [3.8, 4) is 0 Å². The fraction of sp³-hybridized carbons (Fsp3) is 0.516. The Bertz CT molecular complexity index is 1630. The number of hydrogen-bond donors (Lipinski definition) is 2. The fourth-order valence-electron chi connectivity index (χ4n) is 6.44. The molecule has 2 amide bonds. The highest BCUT2D eigenvalue weighted by Gasteiger charge is 2.42. The number of aromatic nitrogens is 2. The van der Waals surface area contributed by atoms with Crippen molar-refractivity contribution in [2.24, 2.45) is 0 Å². The minimum absolute atomic E-state index is 0.142. The van der Waals surface area contributed by atoms with Gasteiger partial charge in [0.05, 0.1) is 27.8 Å². The molecule has 0 saturated carbocycles. The third kappa shape index (κ3) is 7.36. The molecule has 0 radical (unpaired) electrons. The van der Waals surface area contributed by atoms with Crippen molar-refractivity contribution in [1.29, 1.82) is 0 Å². The van der Waals surface area contributed by atoms with Crippen LogP contribution in [-0.4, -0.2) is 88.7 Å². The number of ether oxygens (including phenoxy) is 1. The van der Waals surface area contributed by atoms with Crippen molar-refractivity contribution in [3.05, 3.63) is 63.6 Å². The molecule has 3 aromatic rings. The molecule has 256 valence electrons. The van der Waals surface area contributed by atoms with Crippen LogP contribution in [0, 0.1) is 0 Å². The number of benzene rings is 2. The summed E-state index contributed by atoms with van der Waals surface area (Å²) in [5.74, 6) is -0.713. The van der Waals surface area contributed by atoms with Gasteiger partial charge in [-0.05, 0) is 69.6 Å². The number of carbonyl (C=O) groups is 2. The second-order valence-corrected chi connectivity index (χ2v) is 12.2. The number of rotatable bonds is 6. The molecule has 16 heteroatoms. The number of alkyl halides is 6. The van der Waals surface area contributed by atoms with E-state index in [4.69, 9.17) is 10.5 Å². The van der Waals surface area contributed by atoms with Gasteiger partial charge in [0, 0.05) is 44.7 Å². The molecule has 2 saturated heterocycles. The zero-order valence-corrected chi connectivity index (χ0v) is 25.8. The highest BCUT2D eigenvalue weighted by atomic mass is 19.4. The molecule has 10 nitrogen and oxygen atoms in total. The van der Waals surface area contributed by atoms with Crippen LogP contribution in [0.3, 0.4) is 0 Å². The van der Waals surface area contributed by atoms with Gasteiger partial charge in [-0.2, -0.15) is 26.3 Å². The molecule has 47 heavy (non-hydrogen) atoms. The van der Waals surface area contributed by atoms with E-state index in [1.165, 1.54) is 9.80 Å². The Labute approximate surface area is 266 Å². The summed E-state index contributed by atoms with van der Waals surface area (Å²) in [4.78, 5) is 47.3. The van der Waals surface area contributed by atoms with E-state index in [1.54, 1.807) is 28.8 Å². The summed E-state index contributed by atoms with van der Waals surface area (Å²) in [7, 11) is 3.78. The van der Waals surface area contributed by atoms with Crippen LogP contribution in [0.1, 0.15) is 48.4 Å². The van der Waals surface area contributed by atoms with Gasteiger partial charge in [-0.15, -0.1) is 0 Å². The van der Waals surface area contributed by atoms with Crippen LogP contribution < -0.4 is 11.4 Å². The number of aromatic amines is 1. The minimum Gasteiger partial charge on any atom is -0.436 e. The lowest BCUT2D eigenvalue weighted by atomic mass is 9.97. The van der Waals surface area contributed by atoms with Crippen LogP contribution in [0.25, 0.3) is 11.0 Å². The van der Waals surface area contributed by atoms with Crippen LogP contribution in [0.2, 0.25) is 0 Å². The van der Waals surface area contributed by atoms with E-state index in [2.05, 4.69) is 4.98 Å². The van der Waals surface area contributed by atoms with Crippen molar-refractivity contribution in [2.75, 3.05) is 46.0 Å². The third-order valence-corrected chi connectivity index (χ3v) is 9.01. The Balaban J connectivity index is 1.37. The minimum atomic E-state index is -5.21. The maximum atomic E-state index is 13.7. The lowest BCUT2D eigenvalue weighted by Crippen LogP contribution is -2.50. The van der Waals surface area contributed by atoms with Crippen molar-refractivity contribution in [2.45, 2.75) is 62.6 Å². The summed E-state index contributed by atoms with van der Waals surface area (Å²) >= 11 is 0. The number of nitrogen functional groups attached to an aromatic ring is 1. The monoisotopic (exact) mass is 670 g/mol. The standard InChI is InChI=1S/C31H36F6N6O4/c1-40(2)19-7-11-41(12-8-19)27(44)25(17-18-15-21(30(32,33)34)26(38)22(16-18)31(35,36)37)47-29(46)42-13-9-20(10-14-42)43-24-6-4-3-5-23(24)39-28(43)45/h3-6,15-16,19-20,25H,7-14,17,38H2,1-2H3,(H,39,45)/t25-/m1/s1. The molecule has 2 fully saturated rings. The van der Waals surface area contributed by atoms with Crippen molar-refractivity contribution < 1.29 is 40.7 Å². The number of hydrogen-bond acceptors (Lipinski definition) is 6. The Hall–Kier alpha value is -4.21. The number of nitrogens with zero attached hydrogens (tertiary/aromatic N) is 4. The van der Waals surface area contributed by atoms with Crippen LogP contribution in [0.15, 0.2) is 41.2 Å². The zero-order chi connectivity index (χ0) is 34.3. The number of halogens is 6. The summed E-state index contributed by atoms with van der Waals surface area (Å²) in [5.41, 5.74) is 1.01.